The van der Waals surface area contributed by atoms with Crippen LogP contribution in [0.2, 0.25) is 0 Å². The minimum absolute atomic E-state index is 0.340. The molecule has 3 nitrogen and oxygen atoms in total. The SMILES string of the molecule is CC(C)(/C=C/CC#N)OO. The molecule has 0 aliphatic carbocycles. The molecular formula is C7H11NO2. The summed E-state index contributed by atoms with van der Waals surface area (Å²) in [5.41, 5.74) is -0.684. The Hall–Kier alpha value is -0.850. The third-order valence-electron chi connectivity index (χ3n) is 0.964. The van der Waals surface area contributed by atoms with Crippen LogP contribution in [0.5, 0.6) is 0 Å². The lowest BCUT2D eigenvalue weighted by Crippen LogP contribution is -2.18. The summed E-state index contributed by atoms with van der Waals surface area (Å²) in [5.74, 6) is 0. The summed E-state index contributed by atoms with van der Waals surface area (Å²) in [4.78, 5) is 4.09. The number of allylic oxidation sites excluding steroid dienone is 1. The molecule has 0 spiro atoms. The molecule has 0 rings (SSSR count). The van der Waals surface area contributed by atoms with Crippen LogP contribution < -0.4 is 0 Å². The second-order valence-electron chi connectivity index (χ2n) is 2.46. The van der Waals surface area contributed by atoms with Crippen LogP contribution in [-0.4, -0.2) is 10.9 Å². The first kappa shape index (κ1) is 9.15. The molecule has 56 valence electrons. The van der Waals surface area contributed by atoms with E-state index in [1.165, 1.54) is 0 Å². The van der Waals surface area contributed by atoms with E-state index in [0.717, 1.165) is 0 Å². The second kappa shape index (κ2) is 4.04. The van der Waals surface area contributed by atoms with Gasteiger partial charge in [0.05, 0.1) is 12.5 Å². The quantitative estimate of drug-likeness (QED) is 0.370. The monoisotopic (exact) mass is 141 g/mol. The topological polar surface area (TPSA) is 53.2 Å². The van der Waals surface area contributed by atoms with Crippen LogP contribution >= 0.6 is 0 Å². The summed E-state index contributed by atoms with van der Waals surface area (Å²) in [6, 6.07) is 1.94. The zero-order valence-corrected chi connectivity index (χ0v) is 6.16. The van der Waals surface area contributed by atoms with Crippen molar-refractivity contribution in [3.05, 3.63) is 12.2 Å². The van der Waals surface area contributed by atoms with Crippen molar-refractivity contribution in [3.63, 3.8) is 0 Å². The Morgan fingerprint density at radius 1 is 1.70 bits per heavy atom. The molecule has 0 fully saturated rings. The molecule has 0 amide bonds. The summed E-state index contributed by atoms with van der Waals surface area (Å²) in [6.45, 7) is 3.39. The molecule has 0 saturated carbocycles. The predicted molar refractivity (Wildman–Crippen MR) is 37.2 cm³/mol. The van der Waals surface area contributed by atoms with Crippen LogP contribution in [0.15, 0.2) is 12.2 Å². The van der Waals surface area contributed by atoms with Gasteiger partial charge in [-0.1, -0.05) is 12.2 Å². The van der Waals surface area contributed by atoms with Crippen LogP contribution in [0.25, 0.3) is 0 Å². The first-order valence-electron chi connectivity index (χ1n) is 2.99. The lowest BCUT2D eigenvalue weighted by atomic mass is 10.1. The summed E-state index contributed by atoms with van der Waals surface area (Å²) in [6.07, 6.45) is 3.62. The molecule has 3 heteroatoms. The zero-order chi connectivity index (χ0) is 8.04. The lowest BCUT2D eigenvalue weighted by Gasteiger charge is -2.13. The van der Waals surface area contributed by atoms with Crippen LogP contribution in [0.1, 0.15) is 20.3 Å². The minimum atomic E-state index is -0.684. The van der Waals surface area contributed by atoms with Crippen molar-refractivity contribution in [2.24, 2.45) is 0 Å². The zero-order valence-electron chi connectivity index (χ0n) is 6.16. The molecule has 0 aromatic carbocycles. The molecule has 0 bridgehead atoms. The highest BCUT2D eigenvalue weighted by Crippen LogP contribution is 2.08. The maximum atomic E-state index is 8.26. The Bertz CT molecular complexity index is 155. The van der Waals surface area contributed by atoms with Gasteiger partial charge in [-0.25, -0.2) is 4.89 Å². The number of hydrogen-bond donors (Lipinski definition) is 1. The molecule has 0 unspecified atom stereocenters. The van der Waals surface area contributed by atoms with Gasteiger partial charge in [0.15, 0.2) is 0 Å². The van der Waals surface area contributed by atoms with E-state index in [9.17, 15) is 0 Å². The summed E-state index contributed by atoms with van der Waals surface area (Å²) in [7, 11) is 0. The third-order valence-corrected chi connectivity index (χ3v) is 0.964. The second-order valence-corrected chi connectivity index (χ2v) is 2.46. The fourth-order valence-corrected chi connectivity index (χ4v) is 0.426. The molecular weight excluding hydrogens is 130 g/mol. The molecule has 0 aromatic rings. The Morgan fingerprint density at radius 2 is 2.30 bits per heavy atom. The standard InChI is InChI=1S/C7H11NO2/c1-7(2,10-9)5-3-4-6-8/h3,5,9H,4H2,1-2H3/b5-3+. The van der Waals surface area contributed by atoms with Crippen molar-refractivity contribution in [1.29, 1.82) is 5.26 Å². The molecule has 0 radical (unpaired) electrons. The average Bonchev–Trinajstić information content (AvgIpc) is 1.89. The highest BCUT2D eigenvalue weighted by molar-refractivity contribution is 4.99. The lowest BCUT2D eigenvalue weighted by molar-refractivity contribution is -0.297. The van der Waals surface area contributed by atoms with Gasteiger partial charge in [-0.3, -0.25) is 5.26 Å². The van der Waals surface area contributed by atoms with Gasteiger partial charge < -0.3 is 0 Å². The Kier molecular flexibility index (Phi) is 3.70. The van der Waals surface area contributed by atoms with Crippen molar-refractivity contribution >= 4 is 0 Å². The molecule has 1 N–H and O–H groups in total. The highest BCUT2D eigenvalue weighted by atomic mass is 17.1. The molecule has 0 aliphatic heterocycles. The summed E-state index contributed by atoms with van der Waals surface area (Å²) < 4.78 is 0. The van der Waals surface area contributed by atoms with Gasteiger partial charge in [-0.05, 0) is 13.8 Å². The maximum Gasteiger partial charge on any atom is 0.116 e. The molecule has 0 aliphatic rings. The van der Waals surface area contributed by atoms with Crippen molar-refractivity contribution in [3.8, 4) is 6.07 Å². The number of nitrogens with zero attached hydrogens (tertiary/aromatic N) is 1. The number of hydrogen-bond acceptors (Lipinski definition) is 3. The normalized spacial score (nSPS) is 11.8. The van der Waals surface area contributed by atoms with E-state index >= 15 is 0 Å². The molecule has 0 atom stereocenters. The van der Waals surface area contributed by atoms with E-state index in [0.29, 0.717) is 6.42 Å². The van der Waals surface area contributed by atoms with E-state index in [1.807, 2.05) is 6.07 Å². The molecule has 0 saturated heterocycles. The van der Waals surface area contributed by atoms with E-state index in [4.69, 9.17) is 10.5 Å². The van der Waals surface area contributed by atoms with Gasteiger partial charge in [0, 0.05) is 0 Å². The molecule has 0 aromatic heterocycles. The van der Waals surface area contributed by atoms with Crippen LogP contribution in [0.4, 0.5) is 0 Å². The van der Waals surface area contributed by atoms with Crippen molar-refractivity contribution in [2.45, 2.75) is 25.9 Å². The van der Waals surface area contributed by atoms with Crippen molar-refractivity contribution < 1.29 is 10.1 Å². The van der Waals surface area contributed by atoms with E-state index in [2.05, 4.69) is 4.89 Å². The van der Waals surface area contributed by atoms with E-state index < -0.39 is 5.60 Å². The Balaban J connectivity index is 3.77. The van der Waals surface area contributed by atoms with E-state index in [1.54, 1.807) is 26.0 Å². The number of rotatable bonds is 3. The summed E-state index contributed by atoms with van der Waals surface area (Å²) in [5, 5.41) is 16.4. The van der Waals surface area contributed by atoms with Gasteiger partial charge in [0.25, 0.3) is 0 Å². The van der Waals surface area contributed by atoms with Crippen LogP contribution in [-0.2, 0) is 4.89 Å². The van der Waals surface area contributed by atoms with Crippen LogP contribution in [0, 0.1) is 11.3 Å². The molecule has 10 heavy (non-hydrogen) atoms. The van der Waals surface area contributed by atoms with Crippen molar-refractivity contribution in [2.75, 3.05) is 0 Å². The maximum absolute atomic E-state index is 8.26. The van der Waals surface area contributed by atoms with Gasteiger partial charge in [-0.15, -0.1) is 0 Å². The van der Waals surface area contributed by atoms with Crippen molar-refractivity contribution in [1.82, 2.24) is 0 Å². The van der Waals surface area contributed by atoms with E-state index in [-0.39, 0.29) is 0 Å². The third kappa shape index (κ3) is 4.07. The number of nitriles is 1. The van der Waals surface area contributed by atoms with Gasteiger partial charge in [0.1, 0.15) is 5.60 Å². The largest absolute Gasteiger partial charge is 0.251 e. The Morgan fingerprint density at radius 3 is 2.70 bits per heavy atom. The first-order valence-corrected chi connectivity index (χ1v) is 2.99. The smallest absolute Gasteiger partial charge is 0.116 e. The molecule has 0 heterocycles. The fourth-order valence-electron chi connectivity index (χ4n) is 0.426. The first-order chi connectivity index (χ1) is 4.62. The Labute approximate surface area is 60.5 Å². The average molecular weight is 141 g/mol. The summed E-state index contributed by atoms with van der Waals surface area (Å²) >= 11 is 0. The minimum Gasteiger partial charge on any atom is -0.251 e. The fraction of sp³-hybridized carbons (Fsp3) is 0.571. The van der Waals surface area contributed by atoms with Gasteiger partial charge in [-0.2, -0.15) is 5.26 Å². The highest BCUT2D eigenvalue weighted by Gasteiger charge is 2.12. The predicted octanol–water partition coefficient (Wildman–Crippen LogP) is 1.72. The van der Waals surface area contributed by atoms with Gasteiger partial charge in [0.2, 0.25) is 0 Å². The van der Waals surface area contributed by atoms with Gasteiger partial charge >= 0.3 is 0 Å². The van der Waals surface area contributed by atoms with Crippen LogP contribution in [0.3, 0.4) is 0 Å².